The summed E-state index contributed by atoms with van der Waals surface area (Å²) in [4.78, 5) is 7.88. The molecule has 20 heavy (non-hydrogen) atoms. The van der Waals surface area contributed by atoms with E-state index in [0.29, 0.717) is 18.1 Å². The second-order valence-corrected chi connectivity index (χ2v) is 5.69. The molecule has 108 valence electrons. The van der Waals surface area contributed by atoms with Crippen LogP contribution in [-0.4, -0.2) is 18.4 Å². The summed E-state index contributed by atoms with van der Waals surface area (Å²) in [7, 11) is -3.67. The first-order chi connectivity index (χ1) is 9.55. The monoisotopic (exact) mass is 297 g/mol. The molecule has 4 N–H and O–H groups in total. The van der Waals surface area contributed by atoms with Gasteiger partial charge in [-0.2, -0.15) is 0 Å². The van der Waals surface area contributed by atoms with Crippen molar-refractivity contribution in [2.24, 2.45) is 5.84 Å². The second-order valence-electron chi connectivity index (χ2n) is 3.92. The number of rotatable bonds is 6. The molecule has 2 aromatic rings. The van der Waals surface area contributed by atoms with Gasteiger partial charge in [-0.1, -0.05) is 6.92 Å². The van der Waals surface area contributed by atoms with Gasteiger partial charge in [0.15, 0.2) is 0 Å². The van der Waals surface area contributed by atoms with Gasteiger partial charge in [0.1, 0.15) is 11.6 Å². The van der Waals surface area contributed by atoms with Gasteiger partial charge in [-0.15, -0.1) is 0 Å². The molecular weight excluding hydrogens is 282 g/mol. The van der Waals surface area contributed by atoms with Gasteiger partial charge in [-0.25, -0.2) is 29.0 Å². The van der Waals surface area contributed by atoms with Gasteiger partial charge in [0.25, 0.3) is 0 Å². The Balaban J connectivity index is 2.10. The first kappa shape index (κ1) is 14.4. The molecule has 0 aliphatic rings. The number of hydrogen-bond acceptors (Lipinski definition) is 7. The molecular formula is C11H15N5O3S. The summed E-state index contributed by atoms with van der Waals surface area (Å²) in [6.45, 7) is 1.91. The number of hydrogen-bond donors (Lipinski definition) is 3. The highest BCUT2D eigenvalue weighted by Gasteiger charge is 2.16. The van der Waals surface area contributed by atoms with Gasteiger partial charge in [0.05, 0.1) is 17.6 Å². The van der Waals surface area contributed by atoms with Crippen LogP contribution in [0.5, 0.6) is 0 Å². The smallest absolute Gasteiger partial charge is 0.241 e. The summed E-state index contributed by atoms with van der Waals surface area (Å²) in [6.07, 6.45) is 3.63. The first-order valence-corrected chi connectivity index (χ1v) is 7.39. The number of nitrogens with two attached hydrogens (primary N) is 1. The number of sulfonamides is 1. The molecule has 0 saturated carbocycles. The second kappa shape index (κ2) is 5.99. The van der Waals surface area contributed by atoms with Crippen LogP contribution in [0.3, 0.4) is 0 Å². The van der Waals surface area contributed by atoms with Crippen molar-refractivity contribution >= 4 is 15.8 Å². The molecule has 0 fully saturated rings. The first-order valence-electron chi connectivity index (χ1n) is 5.91. The average Bonchev–Trinajstić information content (AvgIpc) is 2.93. The largest absolute Gasteiger partial charge is 0.444 e. The van der Waals surface area contributed by atoms with Gasteiger partial charge in [-0.3, -0.25) is 0 Å². The minimum absolute atomic E-state index is 0.0178. The van der Waals surface area contributed by atoms with E-state index in [0.717, 1.165) is 0 Å². The zero-order valence-corrected chi connectivity index (χ0v) is 11.6. The van der Waals surface area contributed by atoms with Crippen LogP contribution in [0.4, 0.5) is 5.82 Å². The molecule has 9 heteroatoms. The van der Waals surface area contributed by atoms with E-state index in [1.165, 1.54) is 18.3 Å². The van der Waals surface area contributed by atoms with Crippen LogP contribution in [-0.2, 0) is 23.0 Å². The molecule has 0 aliphatic carbocycles. The van der Waals surface area contributed by atoms with Crippen LogP contribution in [0.15, 0.2) is 33.8 Å². The lowest BCUT2D eigenvalue weighted by molar-refractivity contribution is 0.452. The van der Waals surface area contributed by atoms with Crippen LogP contribution in [0, 0.1) is 0 Å². The van der Waals surface area contributed by atoms with E-state index in [4.69, 9.17) is 10.3 Å². The highest BCUT2D eigenvalue weighted by atomic mass is 32.2. The minimum Gasteiger partial charge on any atom is -0.444 e. The molecule has 2 heterocycles. The number of aryl methyl sites for hydroxylation is 1. The van der Waals surface area contributed by atoms with E-state index in [2.05, 4.69) is 20.1 Å². The lowest BCUT2D eigenvalue weighted by Crippen LogP contribution is -2.23. The third-order valence-corrected chi connectivity index (χ3v) is 3.95. The van der Waals surface area contributed by atoms with Crippen LogP contribution >= 0.6 is 0 Å². The predicted octanol–water partition coefficient (Wildman–Crippen LogP) is 0.396. The van der Waals surface area contributed by atoms with E-state index in [9.17, 15) is 8.42 Å². The molecule has 0 radical (unpaired) electrons. The lowest BCUT2D eigenvalue weighted by atomic mass is 10.4. The number of nitrogens with zero attached hydrogens (tertiary/aromatic N) is 2. The molecule has 0 aliphatic heterocycles. The topological polar surface area (TPSA) is 123 Å². The number of oxazole rings is 1. The van der Waals surface area contributed by atoms with Crippen molar-refractivity contribution in [2.75, 3.05) is 5.43 Å². The molecule has 8 nitrogen and oxygen atoms in total. The van der Waals surface area contributed by atoms with E-state index in [-0.39, 0.29) is 17.3 Å². The highest BCUT2D eigenvalue weighted by molar-refractivity contribution is 7.89. The Labute approximate surface area is 116 Å². The Kier molecular flexibility index (Phi) is 4.32. The number of aromatic nitrogens is 2. The van der Waals surface area contributed by atoms with Crippen molar-refractivity contribution in [3.05, 3.63) is 36.2 Å². The zero-order valence-electron chi connectivity index (χ0n) is 10.8. The molecule has 0 aromatic carbocycles. The number of hydrazine groups is 1. The SMILES string of the molecule is CCc1cnc(CNS(=O)(=O)c2ccnc(NN)c2)o1. The minimum atomic E-state index is -3.67. The van der Waals surface area contributed by atoms with Gasteiger partial charge in [-0.05, 0) is 6.07 Å². The van der Waals surface area contributed by atoms with Crippen molar-refractivity contribution in [2.45, 2.75) is 24.8 Å². The zero-order chi connectivity index (χ0) is 14.6. The van der Waals surface area contributed by atoms with Crippen molar-refractivity contribution in [1.82, 2.24) is 14.7 Å². The van der Waals surface area contributed by atoms with Crippen molar-refractivity contribution in [3.8, 4) is 0 Å². The summed E-state index contributed by atoms with van der Waals surface area (Å²) in [5, 5.41) is 0. The Morgan fingerprint density at radius 3 is 2.85 bits per heavy atom. The number of pyridine rings is 1. The highest BCUT2D eigenvalue weighted by Crippen LogP contribution is 2.12. The fraction of sp³-hybridized carbons (Fsp3) is 0.273. The Hall–Kier alpha value is -1.97. The van der Waals surface area contributed by atoms with Crippen molar-refractivity contribution < 1.29 is 12.8 Å². The Morgan fingerprint density at radius 1 is 1.40 bits per heavy atom. The van der Waals surface area contributed by atoms with Crippen LogP contribution < -0.4 is 16.0 Å². The van der Waals surface area contributed by atoms with Gasteiger partial charge in [0, 0.05) is 18.7 Å². The van der Waals surface area contributed by atoms with Crippen molar-refractivity contribution in [1.29, 1.82) is 0 Å². The molecule has 2 rings (SSSR count). The van der Waals surface area contributed by atoms with E-state index in [1.807, 2.05) is 6.92 Å². The molecule has 0 spiro atoms. The van der Waals surface area contributed by atoms with Crippen LogP contribution in [0.2, 0.25) is 0 Å². The summed E-state index contributed by atoms with van der Waals surface area (Å²) in [6, 6.07) is 2.70. The fourth-order valence-electron chi connectivity index (χ4n) is 1.49. The molecule has 0 amide bonds. The summed E-state index contributed by atoms with van der Waals surface area (Å²) < 4.78 is 31.9. The van der Waals surface area contributed by atoms with E-state index >= 15 is 0 Å². The van der Waals surface area contributed by atoms with Crippen LogP contribution in [0.25, 0.3) is 0 Å². The molecule has 0 saturated heterocycles. The third-order valence-electron chi connectivity index (χ3n) is 2.55. The summed E-state index contributed by atoms with van der Waals surface area (Å²) >= 11 is 0. The van der Waals surface area contributed by atoms with Crippen molar-refractivity contribution in [3.63, 3.8) is 0 Å². The Morgan fingerprint density at radius 2 is 2.20 bits per heavy atom. The lowest BCUT2D eigenvalue weighted by Gasteiger charge is -2.06. The maximum Gasteiger partial charge on any atom is 0.241 e. The maximum atomic E-state index is 12.1. The average molecular weight is 297 g/mol. The molecule has 0 atom stereocenters. The predicted molar refractivity (Wildman–Crippen MR) is 72.0 cm³/mol. The normalized spacial score (nSPS) is 11.5. The molecule has 2 aromatic heterocycles. The van der Waals surface area contributed by atoms with Gasteiger partial charge in [0.2, 0.25) is 15.9 Å². The Bertz CT molecular complexity index is 683. The quantitative estimate of drug-likeness (QED) is 0.520. The third kappa shape index (κ3) is 3.32. The number of anilines is 1. The van der Waals surface area contributed by atoms with E-state index < -0.39 is 10.0 Å². The standard InChI is InChI=1S/C11H15N5O3S/c1-2-8-6-14-11(19-8)7-15-20(17,18)9-3-4-13-10(5-9)16-12/h3-6,15H,2,7,12H2,1H3,(H,13,16). The summed E-state index contributed by atoms with van der Waals surface area (Å²) in [5.41, 5.74) is 2.29. The van der Waals surface area contributed by atoms with Crippen LogP contribution in [0.1, 0.15) is 18.6 Å². The van der Waals surface area contributed by atoms with Gasteiger partial charge >= 0.3 is 0 Å². The van der Waals surface area contributed by atoms with E-state index in [1.54, 1.807) is 6.20 Å². The number of nitrogens with one attached hydrogen (secondary N) is 2. The van der Waals surface area contributed by atoms with Gasteiger partial charge < -0.3 is 9.84 Å². The fourth-order valence-corrected chi connectivity index (χ4v) is 2.48. The number of nitrogen functional groups attached to an aromatic ring is 1. The summed E-state index contributed by atoms with van der Waals surface area (Å²) in [5.74, 6) is 6.48. The maximum absolute atomic E-state index is 12.1. The molecule has 0 bridgehead atoms. The molecule has 0 unspecified atom stereocenters.